The third-order valence-corrected chi connectivity index (χ3v) is 2.19. The van der Waals surface area contributed by atoms with Crippen molar-refractivity contribution in [2.45, 2.75) is 19.4 Å². The van der Waals surface area contributed by atoms with Crippen molar-refractivity contribution in [2.24, 2.45) is 10.7 Å². The lowest BCUT2D eigenvalue weighted by atomic mass is 10.2. The van der Waals surface area contributed by atoms with E-state index < -0.39 is 0 Å². The molecule has 56 valence electrons. The van der Waals surface area contributed by atoms with Crippen molar-refractivity contribution in [3.63, 3.8) is 0 Å². The van der Waals surface area contributed by atoms with Gasteiger partial charge in [0.2, 0.25) is 0 Å². The van der Waals surface area contributed by atoms with Crippen LogP contribution in [0.15, 0.2) is 17.4 Å². The number of hydrogen-bond acceptors (Lipinski definition) is 3. The fraction of sp³-hybridized carbons (Fsp3) is 0.500. The monoisotopic (exact) mass is 203 g/mol. The summed E-state index contributed by atoms with van der Waals surface area (Å²) in [5, 5.41) is 0. The molecule has 0 saturated carbocycles. The third kappa shape index (κ3) is 1.31. The number of rotatable bonds is 1. The van der Waals surface area contributed by atoms with Gasteiger partial charge in [-0.05, 0) is 6.42 Å². The van der Waals surface area contributed by atoms with Gasteiger partial charge in [0.25, 0.3) is 0 Å². The van der Waals surface area contributed by atoms with Crippen LogP contribution in [0.4, 0.5) is 0 Å². The van der Waals surface area contributed by atoms with Gasteiger partial charge >= 0.3 is 0 Å². The van der Waals surface area contributed by atoms with E-state index in [-0.39, 0.29) is 6.04 Å². The second kappa shape index (κ2) is 3.05. The molecule has 1 unspecified atom stereocenters. The molecule has 2 N–H and O–H groups in total. The summed E-state index contributed by atoms with van der Waals surface area (Å²) >= 11 is 3.34. The van der Waals surface area contributed by atoms with Crippen molar-refractivity contribution >= 4 is 22.0 Å². The summed E-state index contributed by atoms with van der Waals surface area (Å²) in [6, 6.07) is 0.213. The maximum atomic E-state index is 5.61. The van der Waals surface area contributed by atoms with Gasteiger partial charge in [-0.15, -0.1) is 0 Å². The Bertz CT molecular complexity index is 176. The number of aliphatic imine (C=N–C) groups is 1. The fourth-order valence-electron chi connectivity index (χ4n) is 0.883. The Balaban J connectivity index is 2.71. The standard InChI is InChI=1S/C6H10BrN3/c1-2-5-6(8)9-3-4-10(5)7/h3-5H,2H2,1H3,(H2,8,9). The molecule has 1 rings (SSSR count). The highest BCUT2D eigenvalue weighted by molar-refractivity contribution is 9.07. The molecule has 0 fully saturated rings. The Labute approximate surface area is 68.9 Å². The van der Waals surface area contributed by atoms with Gasteiger partial charge < -0.3 is 9.66 Å². The highest BCUT2D eigenvalue weighted by Crippen LogP contribution is 2.13. The summed E-state index contributed by atoms with van der Waals surface area (Å²) < 4.78 is 1.88. The molecular formula is C6H10BrN3. The molecule has 0 bridgehead atoms. The lowest BCUT2D eigenvalue weighted by Gasteiger charge is -2.24. The Morgan fingerprint density at radius 2 is 2.60 bits per heavy atom. The fourth-order valence-corrected chi connectivity index (χ4v) is 1.49. The smallest absolute Gasteiger partial charge is 0.123 e. The van der Waals surface area contributed by atoms with Crippen LogP contribution in [0.25, 0.3) is 0 Å². The minimum atomic E-state index is 0.213. The van der Waals surface area contributed by atoms with Gasteiger partial charge in [0.1, 0.15) is 5.84 Å². The van der Waals surface area contributed by atoms with E-state index >= 15 is 0 Å². The van der Waals surface area contributed by atoms with Gasteiger partial charge in [0.15, 0.2) is 0 Å². The van der Waals surface area contributed by atoms with Crippen molar-refractivity contribution in [1.82, 2.24) is 3.93 Å². The molecule has 10 heavy (non-hydrogen) atoms. The van der Waals surface area contributed by atoms with Crippen LogP contribution in [0, 0.1) is 0 Å². The van der Waals surface area contributed by atoms with Gasteiger partial charge in [-0.25, -0.2) is 4.99 Å². The topological polar surface area (TPSA) is 41.6 Å². The summed E-state index contributed by atoms with van der Waals surface area (Å²) in [7, 11) is 0. The molecule has 0 saturated heterocycles. The summed E-state index contributed by atoms with van der Waals surface area (Å²) in [6.45, 7) is 2.07. The van der Waals surface area contributed by atoms with Crippen LogP contribution < -0.4 is 5.73 Å². The maximum Gasteiger partial charge on any atom is 0.123 e. The summed E-state index contributed by atoms with van der Waals surface area (Å²) in [5.41, 5.74) is 5.61. The van der Waals surface area contributed by atoms with E-state index in [1.165, 1.54) is 0 Å². The first-order chi connectivity index (χ1) is 4.75. The number of hydrogen-bond donors (Lipinski definition) is 1. The lowest BCUT2D eigenvalue weighted by molar-refractivity contribution is 0.533. The zero-order valence-corrected chi connectivity index (χ0v) is 7.37. The van der Waals surface area contributed by atoms with Gasteiger partial charge in [-0.3, -0.25) is 0 Å². The summed E-state index contributed by atoms with van der Waals surface area (Å²) in [6.07, 6.45) is 4.49. The molecule has 3 nitrogen and oxygen atoms in total. The first-order valence-corrected chi connectivity index (χ1v) is 3.90. The van der Waals surface area contributed by atoms with Gasteiger partial charge in [-0.1, -0.05) is 6.92 Å². The molecule has 1 atom stereocenters. The average Bonchev–Trinajstić information content (AvgIpc) is 1.88. The van der Waals surface area contributed by atoms with Crippen LogP contribution >= 0.6 is 16.1 Å². The summed E-state index contributed by atoms with van der Waals surface area (Å²) in [4.78, 5) is 3.97. The Kier molecular flexibility index (Phi) is 2.32. The number of nitrogens with two attached hydrogens (primary N) is 1. The molecule has 4 heteroatoms. The number of amidine groups is 1. The first-order valence-electron chi connectivity index (χ1n) is 3.19. The van der Waals surface area contributed by atoms with Crippen LogP contribution in [-0.2, 0) is 0 Å². The van der Waals surface area contributed by atoms with E-state index in [0.29, 0.717) is 5.84 Å². The maximum absolute atomic E-state index is 5.61. The zero-order valence-electron chi connectivity index (χ0n) is 5.79. The lowest BCUT2D eigenvalue weighted by Crippen LogP contribution is -2.38. The number of halogens is 1. The predicted molar refractivity (Wildman–Crippen MR) is 45.6 cm³/mol. The Hall–Kier alpha value is -0.510. The Morgan fingerprint density at radius 3 is 3.00 bits per heavy atom. The molecule has 0 aromatic heterocycles. The van der Waals surface area contributed by atoms with Crippen molar-refractivity contribution in [1.29, 1.82) is 0 Å². The van der Waals surface area contributed by atoms with Crippen molar-refractivity contribution in [3.05, 3.63) is 12.4 Å². The predicted octanol–water partition coefficient (Wildman–Crippen LogP) is 1.22. The van der Waals surface area contributed by atoms with Gasteiger partial charge in [0, 0.05) is 28.5 Å². The average molecular weight is 204 g/mol. The van der Waals surface area contributed by atoms with E-state index in [0.717, 1.165) is 6.42 Å². The number of nitrogens with zero attached hydrogens (tertiary/aromatic N) is 2. The van der Waals surface area contributed by atoms with Crippen LogP contribution in [0.1, 0.15) is 13.3 Å². The van der Waals surface area contributed by atoms with Crippen LogP contribution in [0.2, 0.25) is 0 Å². The summed E-state index contributed by atoms with van der Waals surface area (Å²) in [5.74, 6) is 0.668. The van der Waals surface area contributed by atoms with Crippen LogP contribution in [-0.4, -0.2) is 15.8 Å². The largest absolute Gasteiger partial charge is 0.385 e. The van der Waals surface area contributed by atoms with Gasteiger partial charge in [-0.2, -0.15) is 0 Å². The van der Waals surface area contributed by atoms with Crippen LogP contribution in [0.3, 0.4) is 0 Å². The highest BCUT2D eigenvalue weighted by Gasteiger charge is 2.17. The second-order valence-corrected chi connectivity index (χ2v) is 2.94. The molecule has 1 aliphatic rings. The normalized spacial score (nSPS) is 24.8. The molecule has 1 heterocycles. The van der Waals surface area contributed by atoms with E-state index in [1.54, 1.807) is 6.20 Å². The first kappa shape index (κ1) is 7.60. The third-order valence-electron chi connectivity index (χ3n) is 1.46. The molecule has 0 aromatic carbocycles. The molecule has 0 radical (unpaired) electrons. The van der Waals surface area contributed by atoms with Crippen LogP contribution in [0.5, 0.6) is 0 Å². The van der Waals surface area contributed by atoms with E-state index in [4.69, 9.17) is 5.73 Å². The molecule has 0 aliphatic carbocycles. The van der Waals surface area contributed by atoms with Gasteiger partial charge in [0.05, 0.1) is 6.04 Å². The van der Waals surface area contributed by atoms with Crippen molar-refractivity contribution in [2.75, 3.05) is 0 Å². The minimum Gasteiger partial charge on any atom is -0.385 e. The van der Waals surface area contributed by atoms with E-state index in [1.807, 2.05) is 10.1 Å². The SMILES string of the molecule is CCC1C(N)=NC=CN1Br. The highest BCUT2D eigenvalue weighted by atomic mass is 79.9. The van der Waals surface area contributed by atoms with E-state index in [9.17, 15) is 0 Å². The molecule has 0 spiro atoms. The van der Waals surface area contributed by atoms with Crippen molar-refractivity contribution < 1.29 is 0 Å². The van der Waals surface area contributed by atoms with Crippen molar-refractivity contribution in [3.8, 4) is 0 Å². The van der Waals surface area contributed by atoms with E-state index in [2.05, 4.69) is 28.1 Å². The molecule has 0 amide bonds. The Morgan fingerprint density at radius 1 is 1.90 bits per heavy atom. The molecule has 0 aromatic rings. The zero-order chi connectivity index (χ0) is 7.56. The molecule has 1 aliphatic heterocycles. The minimum absolute atomic E-state index is 0.213. The second-order valence-electron chi connectivity index (χ2n) is 2.12. The quantitative estimate of drug-likeness (QED) is 0.652. The molecular weight excluding hydrogens is 194 g/mol.